The normalized spacial score (nSPS) is 12.6. The average molecular weight is 320 g/mol. The highest BCUT2D eigenvalue weighted by atomic mass is 79.9. The van der Waals surface area contributed by atoms with Gasteiger partial charge in [0, 0.05) is 22.1 Å². The van der Waals surface area contributed by atoms with Crippen LogP contribution in [0.1, 0.15) is 24.2 Å². The van der Waals surface area contributed by atoms with Crippen LogP contribution in [0.2, 0.25) is 5.02 Å². The maximum Gasteiger partial charge on any atom is 0.252 e. The van der Waals surface area contributed by atoms with Gasteiger partial charge in [0.05, 0.1) is 5.56 Å². The third-order valence-electron chi connectivity index (χ3n) is 2.53. The van der Waals surface area contributed by atoms with E-state index in [-0.39, 0.29) is 11.9 Å². The second-order valence-electron chi connectivity index (χ2n) is 4.24. The van der Waals surface area contributed by atoms with Crippen molar-refractivity contribution in [3.8, 4) is 0 Å². The van der Waals surface area contributed by atoms with Crippen LogP contribution in [0.5, 0.6) is 0 Å². The first-order valence-corrected chi connectivity index (χ1v) is 6.57. The van der Waals surface area contributed by atoms with Crippen molar-refractivity contribution >= 4 is 33.4 Å². The van der Waals surface area contributed by atoms with Crippen LogP contribution in [-0.4, -0.2) is 18.5 Å². The summed E-state index contributed by atoms with van der Waals surface area (Å²) in [5.41, 5.74) is 6.42. The molecule has 0 spiro atoms. The standard InChI is InChI=1S/C12H16BrClN2O/c1-7(2)11(15)6-16-12(17)9-4-3-8(14)5-10(9)13/h3-5,7,11H,6,15H2,1-2H3,(H,16,17). The molecule has 0 bridgehead atoms. The van der Waals surface area contributed by atoms with E-state index in [1.807, 2.05) is 13.8 Å². The fourth-order valence-electron chi connectivity index (χ4n) is 1.22. The van der Waals surface area contributed by atoms with Crippen LogP contribution in [0.25, 0.3) is 0 Å². The largest absolute Gasteiger partial charge is 0.350 e. The Morgan fingerprint density at radius 1 is 1.53 bits per heavy atom. The summed E-state index contributed by atoms with van der Waals surface area (Å²) in [5, 5.41) is 3.39. The highest BCUT2D eigenvalue weighted by Gasteiger charge is 2.13. The lowest BCUT2D eigenvalue weighted by atomic mass is 10.1. The summed E-state index contributed by atoms with van der Waals surface area (Å²) in [5.74, 6) is 0.189. The van der Waals surface area contributed by atoms with Gasteiger partial charge in [-0.3, -0.25) is 4.79 Å². The molecule has 0 saturated heterocycles. The first-order valence-electron chi connectivity index (χ1n) is 5.40. The maximum atomic E-state index is 11.9. The predicted molar refractivity (Wildman–Crippen MR) is 74.3 cm³/mol. The Kier molecular flexibility index (Phi) is 5.43. The number of nitrogens with two attached hydrogens (primary N) is 1. The summed E-state index contributed by atoms with van der Waals surface area (Å²) in [7, 11) is 0. The van der Waals surface area contributed by atoms with Gasteiger partial charge in [-0.2, -0.15) is 0 Å². The molecule has 0 heterocycles. The number of rotatable bonds is 4. The smallest absolute Gasteiger partial charge is 0.252 e. The molecule has 0 aliphatic heterocycles. The summed E-state index contributed by atoms with van der Waals surface area (Å²) in [6.45, 7) is 4.51. The number of nitrogens with one attached hydrogen (secondary N) is 1. The molecule has 3 nitrogen and oxygen atoms in total. The summed E-state index contributed by atoms with van der Waals surface area (Å²) in [6, 6.07) is 5.02. The molecule has 94 valence electrons. The van der Waals surface area contributed by atoms with Crippen molar-refractivity contribution in [1.29, 1.82) is 0 Å². The van der Waals surface area contributed by atoms with Crippen molar-refractivity contribution in [2.75, 3.05) is 6.54 Å². The second-order valence-corrected chi connectivity index (χ2v) is 5.53. The highest BCUT2D eigenvalue weighted by molar-refractivity contribution is 9.10. The van der Waals surface area contributed by atoms with Crippen molar-refractivity contribution in [2.45, 2.75) is 19.9 Å². The lowest BCUT2D eigenvalue weighted by Crippen LogP contribution is -2.40. The van der Waals surface area contributed by atoms with Crippen LogP contribution in [0.15, 0.2) is 22.7 Å². The third-order valence-corrected chi connectivity index (χ3v) is 3.42. The van der Waals surface area contributed by atoms with E-state index in [4.69, 9.17) is 17.3 Å². The Balaban J connectivity index is 2.64. The van der Waals surface area contributed by atoms with E-state index >= 15 is 0 Å². The summed E-state index contributed by atoms with van der Waals surface area (Å²) in [4.78, 5) is 11.9. The Morgan fingerprint density at radius 3 is 2.71 bits per heavy atom. The second kappa shape index (κ2) is 6.38. The fraction of sp³-hybridized carbons (Fsp3) is 0.417. The third kappa shape index (κ3) is 4.30. The molecule has 0 fully saturated rings. The molecule has 0 aliphatic rings. The molecule has 0 radical (unpaired) electrons. The molecule has 0 aromatic heterocycles. The monoisotopic (exact) mass is 318 g/mol. The molecular weight excluding hydrogens is 304 g/mol. The van der Waals surface area contributed by atoms with Gasteiger partial charge in [0.1, 0.15) is 0 Å². The van der Waals surface area contributed by atoms with E-state index in [0.717, 1.165) is 0 Å². The van der Waals surface area contributed by atoms with E-state index < -0.39 is 0 Å². The molecule has 0 saturated carbocycles. The zero-order valence-electron chi connectivity index (χ0n) is 9.84. The Labute approximate surface area is 115 Å². The maximum absolute atomic E-state index is 11.9. The Morgan fingerprint density at radius 2 is 2.18 bits per heavy atom. The van der Waals surface area contributed by atoms with Gasteiger partial charge >= 0.3 is 0 Å². The Hall–Kier alpha value is -0.580. The molecular formula is C12H16BrClN2O. The van der Waals surface area contributed by atoms with Gasteiger partial charge in [0.15, 0.2) is 0 Å². The molecule has 1 rings (SSSR count). The average Bonchev–Trinajstić information content (AvgIpc) is 2.25. The van der Waals surface area contributed by atoms with Gasteiger partial charge in [-0.05, 0) is 40.0 Å². The van der Waals surface area contributed by atoms with E-state index in [1.54, 1.807) is 18.2 Å². The first kappa shape index (κ1) is 14.5. The van der Waals surface area contributed by atoms with Crippen molar-refractivity contribution in [1.82, 2.24) is 5.32 Å². The molecule has 3 N–H and O–H groups in total. The number of benzene rings is 1. The van der Waals surface area contributed by atoms with Crippen LogP contribution < -0.4 is 11.1 Å². The summed E-state index contributed by atoms with van der Waals surface area (Å²) < 4.78 is 0.681. The van der Waals surface area contributed by atoms with Gasteiger partial charge in [0.2, 0.25) is 0 Å². The molecule has 17 heavy (non-hydrogen) atoms. The van der Waals surface area contributed by atoms with Gasteiger partial charge in [-0.1, -0.05) is 25.4 Å². The zero-order valence-corrected chi connectivity index (χ0v) is 12.2. The quantitative estimate of drug-likeness (QED) is 0.896. The van der Waals surface area contributed by atoms with Crippen molar-refractivity contribution in [3.05, 3.63) is 33.3 Å². The molecule has 5 heteroatoms. The number of amides is 1. The van der Waals surface area contributed by atoms with Crippen molar-refractivity contribution in [2.24, 2.45) is 11.7 Å². The predicted octanol–water partition coefficient (Wildman–Crippen LogP) is 2.82. The highest BCUT2D eigenvalue weighted by Crippen LogP contribution is 2.21. The van der Waals surface area contributed by atoms with Crippen molar-refractivity contribution < 1.29 is 4.79 Å². The van der Waals surface area contributed by atoms with Crippen LogP contribution in [0, 0.1) is 5.92 Å². The first-order chi connectivity index (χ1) is 7.91. The molecule has 1 aromatic rings. The number of carbonyl (C=O) groups excluding carboxylic acids is 1. The number of hydrogen-bond donors (Lipinski definition) is 2. The minimum absolute atomic E-state index is 0.0370. The molecule has 1 aromatic carbocycles. The summed E-state index contributed by atoms with van der Waals surface area (Å²) >= 11 is 9.12. The zero-order chi connectivity index (χ0) is 13.0. The minimum atomic E-state index is -0.148. The number of hydrogen-bond acceptors (Lipinski definition) is 2. The topological polar surface area (TPSA) is 55.1 Å². The van der Waals surface area contributed by atoms with Gasteiger partial charge in [-0.15, -0.1) is 0 Å². The van der Waals surface area contributed by atoms with E-state index in [9.17, 15) is 4.79 Å². The van der Waals surface area contributed by atoms with E-state index in [2.05, 4.69) is 21.2 Å². The van der Waals surface area contributed by atoms with Gasteiger partial charge in [-0.25, -0.2) is 0 Å². The van der Waals surface area contributed by atoms with Gasteiger partial charge in [0.25, 0.3) is 5.91 Å². The van der Waals surface area contributed by atoms with Gasteiger partial charge < -0.3 is 11.1 Å². The van der Waals surface area contributed by atoms with E-state index in [0.29, 0.717) is 27.5 Å². The molecule has 1 atom stereocenters. The van der Waals surface area contributed by atoms with Crippen molar-refractivity contribution in [3.63, 3.8) is 0 Å². The van der Waals surface area contributed by atoms with Crippen LogP contribution in [-0.2, 0) is 0 Å². The number of halogens is 2. The lowest BCUT2D eigenvalue weighted by Gasteiger charge is -2.16. The fourth-order valence-corrected chi connectivity index (χ4v) is 2.08. The number of carbonyl (C=O) groups is 1. The Bertz CT molecular complexity index is 409. The molecule has 1 unspecified atom stereocenters. The summed E-state index contributed by atoms with van der Waals surface area (Å²) in [6.07, 6.45) is 0. The molecule has 1 amide bonds. The minimum Gasteiger partial charge on any atom is -0.350 e. The van der Waals surface area contributed by atoms with Crippen LogP contribution >= 0.6 is 27.5 Å². The lowest BCUT2D eigenvalue weighted by molar-refractivity contribution is 0.0948. The van der Waals surface area contributed by atoms with E-state index in [1.165, 1.54) is 0 Å². The SMILES string of the molecule is CC(C)C(N)CNC(=O)c1ccc(Cl)cc1Br. The van der Waals surface area contributed by atoms with Crippen LogP contribution in [0.4, 0.5) is 0 Å². The molecule has 0 aliphatic carbocycles. The van der Waals surface area contributed by atoms with Crippen LogP contribution in [0.3, 0.4) is 0 Å².